The van der Waals surface area contributed by atoms with Crippen LogP contribution in [0.5, 0.6) is 0 Å². The van der Waals surface area contributed by atoms with E-state index in [1.165, 1.54) is 19.4 Å². The fraction of sp³-hybridized carbons (Fsp3) is 1.00. The molecule has 1 rings (SSSR count). The highest BCUT2D eigenvalue weighted by Crippen LogP contribution is 2.28. The van der Waals surface area contributed by atoms with E-state index in [1.807, 2.05) is 0 Å². The molecule has 0 amide bonds. The highest BCUT2D eigenvalue weighted by Gasteiger charge is 2.24. The van der Waals surface area contributed by atoms with Gasteiger partial charge >= 0.3 is 0 Å². The summed E-state index contributed by atoms with van der Waals surface area (Å²) >= 11 is 5.68. The summed E-state index contributed by atoms with van der Waals surface area (Å²) in [6.45, 7) is 5.62. The van der Waals surface area contributed by atoms with Gasteiger partial charge in [0, 0.05) is 11.4 Å². The Morgan fingerprint density at radius 3 is 2.55 bits per heavy atom. The van der Waals surface area contributed by atoms with Crippen LogP contribution in [0.2, 0.25) is 0 Å². The molecule has 0 heterocycles. The lowest BCUT2D eigenvalue weighted by atomic mass is 10.0. The molecular formula is C9H18ClN. The van der Waals surface area contributed by atoms with Crippen molar-refractivity contribution in [3.8, 4) is 0 Å². The van der Waals surface area contributed by atoms with E-state index in [-0.39, 0.29) is 5.54 Å². The lowest BCUT2D eigenvalue weighted by Gasteiger charge is -2.25. The van der Waals surface area contributed by atoms with Gasteiger partial charge in [0.25, 0.3) is 0 Å². The summed E-state index contributed by atoms with van der Waals surface area (Å²) in [7, 11) is 0. The van der Waals surface area contributed by atoms with Gasteiger partial charge in [-0.1, -0.05) is 0 Å². The molecule has 1 aliphatic rings. The fourth-order valence-electron chi connectivity index (χ4n) is 1.07. The number of nitrogens with one attached hydrogen (secondary N) is 1. The standard InChI is InChI=1S/C9H18ClN/c1-9(2,5-6-10)11-7-8-3-4-8/h8,11H,3-7H2,1-2H3. The van der Waals surface area contributed by atoms with Crippen molar-refractivity contribution in [1.82, 2.24) is 5.32 Å². The van der Waals surface area contributed by atoms with E-state index in [9.17, 15) is 0 Å². The Bertz CT molecular complexity index is 119. The van der Waals surface area contributed by atoms with Crippen LogP contribution in [0.3, 0.4) is 0 Å². The molecule has 0 radical (unpaired) electrons. The summed E-state index contributed by atoms with van der Waals surface area (Å²) in [4.78, 5) is 0. The smallest absolute Gasteiger partial charge is 0.0240 e. The first kappa shape index (κ1) is 9.34. The SMILES string of the molecule is CC(C)(CCCl)NCC1CC1. The summed E-state index contributed by atoms with van der Waals surface area (Å²) in [5.74, 6) is 1.72. The summed E-state index contributed by atoms with van der Waals surface area (Å²) in [6.07, 6.45) is 3.90. The molecule has 0 aromatic rings. The molecule has 0 aromatic carbocycles. The molecule has 66 valence electrons. The summed E-state index contributed by atoms with van der Waals surface area (Å²) in [6, 6.07) is 0. The quantitative estimate of drug-likeness (QED) is 0.633. The number of alkyl halides is 1. The van der Waals surface area contributed by atoms with Crippen molar-refractivity contribution in [3.63, 3.8) is 0 Å². The molecule has 0 atom stereocenters. The van der Waals surface area contributed by atoms with Crippen molar-refractivity contribution in [2.75, 3.05) is 12.4 Å². The number of rotatable bonds is 5. The van der Waals surface area contributed by atoms with Crippen LogP contribution in [0, 0.1) is 5.92 Å². The van der Waals surface area contributed by atoms with Gasteiger partial charge in [0.15, 0.2) is 0 Å². The lowest BCUT2D eigenvalue weighted by Crippen LogP contribution is -2.40. The maximum absolute atomic E-state index is 5.68. The Hall–Kier alpha value is 0.250. The largest absolute Gasteiger partial charge is 0.311 e. The maximum atomic E-state index is 5.68. The van der Waals surface area contributed by atoms with Crippen molar-refractivity contribution in [1.29, 1.82) is 0 Å². The average Bonchev–Trinajstić information content (AvgIpc) is 2.65. The zero-order chi connectivity index (χ0) is 8.32. The number of hydrogen-bond acceptors (Lipinski definition) is 1. The highest BCUT2D eigenvalue weighted by molar-refractivity contribution is 6.17. The maximum Gasteiger partial charge on any atom is 0.0240 e. The normalized spacial score (nSPS) is 18.8. The molecule has 0 aromatic heterocycles. The Morgan fingerprint density at radius 1 is 1.45 bits per heavy atom. The third-order valence-corrected chi connectivity index (χ3v) is 2.47. The van der Waals surface area contributed by atoms with Crippen molar-refractivity contribution >= 4 is 11.6 Å². The van der Waals surface area contributed by atoms with Gasteiger partial charge in [-0.05, 0) is 45.6 Å². The predicted octanol–water partition coefficient (Wildman–Crippen LogP) is 2.39. The van der Waals surface area contributed by atoms with Crippen LogP contribution in [0.4, 0.5) is 0 Å². The van der Waals surface area contributed by atoms with Crippen molar-refractivity contribution < 1.29 is 0 Å². The van der Waals surface area contributed by atoms with E-state index >= 15 is 0 Å². The minimum absolute atomic E-state index is 0.240. The summed E-state index contributed by atoms with van der Waals surface area (Å²) in [5.41, 5.74) is 0.240. The zero-order valence-electron chi connectivity index (χ0n) is 7.49. The molecule has 1 N–H and O–H groups in total. The Kier molecular flexibility index (Phi) is 3.20. The second-order valence-electron chi connectivity index (χ2n) is 4.15. The van der Waals surface area contributed by atoms with Crippen LogP contribution >= 0.6 is 11.6 Å². The van der Waals surface area contributed by atoms with Gasteiger partial charge in [-0.15, -0.1) is 11.6 Å². The Balaban J connectivity index is 2.09. The van der Waals surface area contributed by atoms with Crippen LogP contribution in [-0.2, 0) is 0 Å². The first-order chi connectivity index (χ1) is 5.14. The molecule has 0 spiro atoms. The van der Waals surface area contributed by atoms with Gasteiger partial charge in [0.1, 0.15) is 0 Å². The number of hydrogen-bond donors (Lipinski definition) is 1. The molecule has 1 aliphatic carbocycles. The second-order valence-corrected chi connectivity index (χ2v) is 4.53. The monoisotopic (exact) mass is 175 g/mol. The summed E-state index contributed by atoms with van der Waals surface area (Å²) < 4.78 is 0. The van der Waals surface area contributed by atoms with Crippen LogP contribution < -0.4 is 5.32 Å². The topological polar surface area (TPSA) is 12.0 Å². The van der Waals surface area contributed by atoms with Gasteiger partial charge in [-0.2, -0.15) is 0 Å². The molecule has 1 nitrogen and oxygen atoms in total. The Morgan fingerprint density at radius 2 is 2.09 bits per heavy atom. The van der Waals surface area contributed by atoms with Crippen LogP contribution in [0.25, 0.3) is 0 Å². The molecule has 1 fully saturated rings. The van der Waals surface area contributed by atoms with Crippen molar-refractivity contribution in [2.24, 2.45) is 5.92 Å². The van der Waals surface area contributed by atoms with Crippen LogP contribution in [-0.4, -0.2) is 18.0 Å². The van der Waals surface area contributed by atoms with E-state index < -0.39 is 0 Å². The molecule has 0 aliphatic heterocycles. The molecule has 11 heavy (non-hydrogen) atoms. The minimum Gasteiger partial charge on any atom is -0.311 e. The first-order valence-corrected chi connectivity index (χ1v) is 4.98. The van der Waals surface area contributed by atoms with E-state index in [0.717, 1.165) is 18.2 Å². The fourth-order valence-corrected chi connectivity index (χ4v) is 1.54. The molecular weight excluding hydrogens is 158 g/mol. The van der Waals surface area contributed by atoms with E-state index in [2.05, 4.69) is 19.2 Å². The zero-order valence-corrected chi connectivity index (χ0v) is 8.25. The number of halogens is 1. The lowest BCUT2D eigenvalue weighted by molar-refractivity contribution is 0.371. The molecule has 0 unspecified atom stereocenters. The van der Waals surface area contributed by atoms with Gasteiger partial charge in [-0.25, -0.2) is 0 Å². The van der Waals surface area contributed by atoms with Gasteiger partial charge in [0.2, 0.25) is 0 Å². The Labute approximate surface area is 74.5 Å². The van der Waals surface area contributed by atoms with Gasteiger partial charge < -0.3 is 5.32 Å². The van der Waals surface area contributed by atoms with Gasteiger partial charge in [-0.3, -0.25) is 0 Å². The molecule has 1 saturated carbocycles. The van der Waals surface area contributed by atoms with Crippen LogP contribution in [0.15, 0.2) is 0 Å². The molecule has 0 saturated heterocycles. The molecule has 2 heteroatoms. The van der Waals surface area contributed by atoms with E-state index in [4.69, 9.17) is 11.6 Å². The second kappa shape index (κ2) is 3.77. The van der Waals surface area contributed by atoms with Crippen LogP contribution in [0.1, 0.15) is 33.1 Å². The summed E-state index contributed by atoms with van der Waals surface area (Å²) in [5, 5.41) is 3.54. The van der Waals surface area contributed by atoms with Crippen molar-refractivity contribution in [2.45, 2.75) is 38.6 Å². The van der Waals surface area contributed by atoms with E-state index in [0.29, 0.717) is 0 Å². The average molecular weight is 176 g/mol. The van der Waals surface area contributed by atoms with E-state index in [1.54, 1.807) is 0 Å². The third kappa shape index (κ3) is 3.97. The van der Waals surface area contributed by atoms with Crippen molar-refractivity contribution in [3.05, 3.63) is 0 Å². The first-order valence-electron chi connectivity index (χ1n) is 4.45. The van der Waals surface area contributed by atoms with Gasteiger partial charge in [0.05, 0.1) is 0 Å². The third-order valence-electron chi connectivity index (χ3n) is 2.29. The minimum atomic E-state index is 0.240. The predicted molar refractivity (Wildman–Crippen MR) is 50.1 cm³/mol. The molecule has 0 bridgehead atoms. The highest BCUT2D eigenvalue weighted by atomic mass is 35.5.